The number of nitrogens with zero attached hydrogens (tertiary/aromatic N) is 1. The van der Waals surface area contributed by atoms with Gasteiger partial charge in [-0.05, 0) is 53.0 Å². The number of ether oxygens (including phenoxy) is 1. The van der Waals surface area contributed by atoms with Gasteiger partial charge in [0.05, 0.1) is 12.7 Å². The largest absolute Gasteiger partial charge is 0.372 e. The van der Waals surface area contributed by atoms with Gasteiger partial charge in [-0.25, -0.2) is 4.98 Å². The van der Waals surface area contributed by atoms with E-state index in [-0.39, 0.29) is 12.4 Å². The third-order valence-corrected chi connectivity index (χ3v) is 2.96. The Labute approximate surface area is 111 Å². The zero-order chi connectivity index (χ0) is 10.5. The van der Waals surface area contributed by atoms with E-state index >= 15 is 0 Å². The molecule has 1 aromatic heterocycles. The van der Waals surface area contributed by atoms with Gasteiger partial charge in [0.1, 0.15) is 4.60 Å². The van der Waals surface area contributed by atoms with Crippen molar-refractivity contribution < 1.29 is 4.74 Å². The normalized spacial score (nSPS) is 20.2. The highest BCUT2D eigenvalue weighted by atomic mass is 79.9. The van der Waals surface area contributed by atoms with Crippen molar-refractivity contribution in [3.05, 3.63) is 28.5 Å². The van der Waals surface area contributed by atoms with Gasteiger partial charge >= 0.3 is 0 Å². The van der Waals surface area contributed by atoms with Crippen molar-refractivity contribution in [1.29, 1.82) is 0 Å². The van der Waals surface area contributed by atoms with Gasteiger partial charge in [-0.15, -0.1) is 12.4 Å². The van der Waals surface area contributed by atoms with E-state index in [0.29, 0.717) is 12.7 Å². The molecule has 0 aliphatic carbocycles. The van der Waals surface area contributed by atoms with Crippen LogP contribution in [0, 0.1) is 0 Å². The fourth-order valence-corrected chi connectivity index (χ4v) is 2.12. The molecule has 1 aliphatic rings. The quantitative estimate of drug-likeness (QED) is 0.872. The van der Waals surface area contributed by atoms with E-state index in [1.807, 2.05) is 12.1 Å². The minimum absolute atomic E-state index is 0. The zero-order valence-electron chi connectivity index (χ0n) is 8.99. The van der Waals surface area contributed by atoms with Crippen LogP contribution in [0.2, 0.25) is 0 Å². The van der Waals surface area contributed by atoms with Crippen LogP contribution in [0.4, 0.5) is 0 Å². The summed E-state index contributed by atoms with van der Waals surface area (Å²) in [5.41, 5.74) is 1.17. The number of pyridine rings is 1. The molecule has 5 heteroatoms. The lowest BCUT2D eigenvalue weighted by molar-refractivity contribution is 0.0252. The third kappa shape index (κ3) is 4.37. The van der Waals surface area contributed by atoms with Gasteiger partial charge in [-0.2, -0.15) is 0 Å². The van der Waals surface area contributed by atoms with Crippen molar-refractivity contribution in [2.45, 2.75) is 25.6 Å². The monoisotopic (exact) mass is 306 g/mol. The van der Waals surface area contributed by atoms with Gasteiger partial charge < -0.3 is 10.1 Å². The Kier molecular flexibility index (Phi) is 6.28. The number of halogens is 2. The zero-order valence-corrected chi connectivity index (χ0v) is 11.4. The predicted octanol–water partition coefficient (Wildman–Crippen LogP) is 2.53. The maximum atomic E-state index is 5.81. The lowest BCUT2D eigenvalue weighted by Crippen LogP contribution is -2.35. The minimum Gasteiger partial charge on any atom is -0.372 e. The molecule has 3 nitrogen and oxygen atoms in total. The van der Waals surface area contributed by atoms with E-state index in [1.165, 1.54) is 18.4 Å². The molecule has 1 unspecified atom stereocenters. The van der Waals surface area contributed by atoms with Crippen LogP contribution in [-0.2, 0) is 11.3 Å². The molecule has 1 fully saturated rings. The minimum atomic E-state index is 0. The first kappa shape index (κ1) is 13.9. The van der Waals surface area contributed by atoms with Crippen LogP contribution in [0.3, 0.4) is 0 Å². The summed E-state index contributed by atoms with van der Waals surface area (Å²) >= 11 is 3.35. The SMILES string of the molecule is Brc1cc(COC2CCCNC2)ccn1.Cl. The molecule has 2 rings (SSSR count). The highest BCUT2D eigenvalue weighted by molar-refractivity contribution is 9.10. The predicted molar refractivity (Wildman–Crippen MR) is 69.9 cm³/mol. The van der Waals surface area contributed by atoms with Gasteiger partial charge in [0, 0.05) is 12.7 Å². The molecule has 16 heavy (non-hydrogen) atoms. The molecule has 2 heterocycles. The summed E-state index contributed by atoms with van der Waals surface area (Å²) in [7, 11) is 0. The molecule has 1 N–H and O–H groups in total. The van der Waals surface area contributed by atoms with Crippen molar-refractivity contribution in [3.63, 3.8) is 0 Å². The van der Waals surface area contributed by atoms with Gasteiger partial charge in [0.15, 0.2) is 0 Å². The number of hydrogen-bond donors (Lipinski definition) is 1. The molecule has 1 saturated heterocycles. The number of nitrogens with one attached hydrogen (secondary N) is 1. The summed E-state index contributed by atoms with van der Waals surface area (Å²) in [5.74, 6) is 0. The van der Waals surface area contributed by atoms with Crippen LogP contribution >= 0.6 is 28.3 Å². The summed E-state index contributed by atoms with van der Waals surface area (Å²) in [6.45, 7) is 2.78. The molecule has 0 radical (unpaired) electrons. The maximum Gasteiger partial charge on any atom is 0.106 e. The fraction of sp³-hybridized carbons (Fsp3) is 0.545. The smallest absolute Gasteiger partial charge is 0.106 e. The van der Waals surface area contributed by atoms with Crippen LogP contribution in [0.1, 0.15) is 18.4 Å². The van der Waals surface area contributed by atoms with Crippen LogP contribution < -0.4 is 5.32 Å². The molecule has 90 valence electrons. The second kappa shape index (κ2) is 7.22. The molecule has 0 spiro atoms. The molecule has 1 aromatic rings. The molecule has 0 amide bonds. The molecule has 0 bridgehead atoms. The number of rotatable bonds is 3. The molecule has 1 aliphatic heterocycles. The van der Waals surface area contributed by atoms with Gasteiger partial charge in [0.2, 0.25) is 0 Å². The number of aromatic nitrogens is 1. The number of piperidine rings is 1. The Balaban J connectivity index is 0.00000128. The molecular formula is C11H16BrClN2O. The van der Waals surface area contributed by atoms with Crippen LogP contribution in [0.5, 0.6) is 0 Å². The van der Waals surface area contributed by atoms with Crippen molar-refractivity contribution in [3.8, 4) is 0 Å². The van der Waals surface area contributed by atoms with E-state index in [0.717, 1.165) is 17.7 Å². The summed E-state index contributed by atoms with van der Waals surface area (Å²) in [6.07, 6.45) is 4.54. The first-order chi connectivity index (χ1) is 7.34. The number of hydrogen-bond acceptors (Lipinski definition) is 3. The van der Waals surface area contributed by atoms with Gasteiger partial charge in [0.25, 0.3) is 0 Å². The Hall–Kier alpha value is -0.160. The van der Waals surface area contributed by atoms with Crippen LogP contribution in [0.15, 0.2) is 22.9 Å². The molecule has 0 aromatic carbocycles. The van der Waals surface area contributed by atoms with E-state index < -0.39 is 0 Å². The highest BCUT2D eigenvalue weighted by Gasteiger charge is 2.12. The first-order valence-electron chi connectivity index (χ1n) is 5.27. The Morgan fingerprint density at radius 3 is 3.12 bits per heavy atom. The maximum absolute atomic E-state index is 5.81. The van der Waals surface area contributed by atoms with Gasteiger partial charge in [-0.3, -0.25) is 0 Å². The highest BCUT2D eigenvalue weighted by Crippen LogP contribution is 2.12. The van der Waals surface area contributed by atoms with Crippen molar-refractivity contribution in [1.82, 2.24) is 10.3 Å². The molecule has 1 atom stereocenters. The second-order valence-corrected chi connectivity index (χ2v) is 4.58. The fourth-order valence-electron chi connectivity index (χ4n) is 1.71. The van der Waals surface area contributed by atoms with E-state index in [1.54, 1.807) is 6.20 Å². The lowest BCUT2D eigenvalue weighted by Gasteiger charge is -2.23. The van der Waals surface area contributed by atoms with Crippen molar-refractivity contribution in [2.24, 2.45) is 0 Å². The first-order valence-corrected chi connectivity index (χ1v) is 6.06. The average molecular weight is 308 g/mol. The second-order valence-electron chi connectivity index (χ2n) is 3.77. The topological polar surface area (TPSA) is 34.1 Å². The van der Waals surface area contributed by atoms with E-state index in [9.17, 15) is 0 Å². The lowest BCUT2D eigenvalue weighted by atomic mass is 10.1. The van der Waals surface area contributed by atoms with Crippen molar-refractivity contribution in [2.75, 3.05) is 13.1 Å². The Bertz CT molecular complexity index is 319. The Morgan fingerprint density at radius 2 is 2.44 bits per heavy atom. The standard InChI is InChI=1S/C11H15BrN2O.ClH/c12-11-6-9(3-5-14-11)8-15-10-2-1-4-13-7-10;/h3,5-6,10,13H,1-2,4,7-8H2;1H. The Morgan fingerprint density at radius 1 is 1.56 bits per heavy atom. The summed E-state index contributed by atoms with van der Waals surface area (Å²) < 4.78 is 6.68. The van der Waals surface area contributed by atoms with E-state index in [4.69, 9.17) is 4.74 Å². The average Bonchev–Trinajstić information content (AvgIpc) is 2.28. The van der Waals surface area contributed by atoms with E-state index in [2.05, 4.69) is 26.2 Å². The van der Waals surface area contributed by atoms with Crippen LogP contribution in [0.25, 0.3) is 0 Å². The van der Waals surface area contributed by atoms with Crippen molar-refractivity contribution >= 4 is 28.3 Å². The summed E-state index contributed by atoms with van der Waals surface area (Å²) in [5, 5.41) is 3.34. The molecule has 0 saturated carbocycles. The van der Waals surface area contributed by atoms with Crippen LogP contribution in [-0.4, -0.2) is 24.2 Å². The summed E-state index contributed by atoms with van der Waals surface area (Å²) in [4.78, 5) is 4.08. The third-order valence-electron chi connectivity index (χ3n) is 2.53. The molecular weight excluding hydrogens is 291 g/mol. The summed E-state index contributed by atoms with van der Waals surface area (Å²) in [6, 6.07) is 3.98. The van der Waals surface area contributed by atoms with Gasteiger partial charge in [-0.1, -0.05) is 0 Å².